The molecule has 6 heterocycles. The largest absolute Gasteiger partial charge is 0.366 e. The second-order valence-electron chi connectivity index (χ2n) is 16.5. The van der Waals surface area contributed by atoms with Crippen LogP contribution in [0.2, 0.25) is 0 Å². The van der Waals surface area contributed by atoms with E-state index in [9.17, 15) is 19.2 Å². The molecule has 0 saturated carbocycles. The molecule has 67 heavy (non-hydrogen) atoms. The van der Waals surface area contributed by atoms with Crippen LogP contribution in [0.25, 0.3) is 0 Å². The minimum Gasteiger partial charge on any atom is -0.366 e. The van der Waals surface area contributed by atoms with Gasteiger partial charge in [-0.3, -0.25) is 19.2 Å². The number of aromatic nitrogens is 8. The number of carbonyl (C=O) groups excluding carboxylic acids is 4. The third-order valence-corrected chi connectivity index (χ3v) is 14.0. The van der Waals surface area contributed by atoms with Crippen molar-refractivity contribution in [1.82, 2.24) is 71.5 Å². The second kappa shape index (κ2) is 23.7. The summed E-state index contributed by atoms with van der Waals surface area (Å²) in [6, 6.07) is 16.7. The molecule has 4 aromatic rings. The van der Waals surface area contributed by atoms with E-state index >= 15 is 0 Å². The highest BCUT2D eigenvalue weighted by Crippen LogP contribution is 2.29. The van der Waals surface area contributed by atoms with E-state index in [1.54, 1.807) is 26.1 Å². The molecule has 0 radical (unpaired) electrons. The van der Waals surface area contributed by atoms with E-state index in [0.29, 0.717) is 49.3 Å². The summed E-state index contributed by atoms with van der Waals surface area (Å²) in [7, 11) is 0. The highest BCUT2D eigenvalue weighted by Gasteiger charge is 2.40. The SMILES string of the molecule is C[C@@H](OCC#CC#CCOC[C@@H](NC(=O)[C@H]1CCN1)C(=O)N1CCC[C@@H]1Cn1nnnc1Sc1ccccc1)[C@H](NC(=O)[C@H]1CCN1)C(=O)N1CCC[C@H]1Cn1nnnc1Sc1ccccc1. The molecule has 8 rings (SSSR count). The van der Waals surface area contributed by atoms with Crippen molar-refractivity contribution >= 4 is 47.2 Å². The van der Waals surface area contributed by atoms with Gasteiger partial charge >= 0.3 is 0 Å². The summed E-state index contributed by atoms with van der Waals surface area (Å²) < 4.78 is 15.3. The number of hydrogen-bond donors (Lipinski definition) is 4. The van der Waals surface area contributed by atoms with Crippen molar-refractivity contribution in [2.45, 2.75) is 121 Å². The average Bonchev–Trinajstić information content (AvgIpc) is 4.14. The van der Waals surface area contributed by atoms with E-state index in [4.69, 9.17) is 9.47 Å². The molecule has 7 atom stereocenters. The molecule has 4 saturated heterocycles. The zero-order valence-corrected chi connectivity index (χ0v) is 38.8. The Hall–Kier alpha value is -5.88. The summed E-state index contributed by atoms with van der Waals surface area (Å²) in [5.74, 6) is 10.2. The smallest absolute Gasteiger partial charge is 0.248 e. The van der Waals surface area contributed by atoms with Crippen LogP contribution in [0.5, 0.6) is 0 Å². The first-order valence-corrected chi connectivity index (χ1v) is 24.3. The van der Waals surface area contributed by atoms with Crippen molar-refractivity contribution in [2.24, 2.45) is 0 Å². The first-order chi connectivity index (χ1) is 32.8. The summed E-state index contributed by atoms with van der Waals surface area (Å²) in [6.07, 6.45) is 3.80. The lowest BCUT2D eigenvalue weighted by molar-refractivity contribution is -0.142. The highest BCUT2D eigenvalue weighted by molar-refractivity contribution is 7.99. The fraction of sp³-hybridized carbons (Fsp3) is 0.511. The Bertz CT molecular complexity index is 2430. The van der Waals surface area contributed by atoms with Gasteiger partial charge in [0.15, 0.2) is 0 Å². The zero-order valence-electron chi connectivity index (χ0n) is 37.2. The summed E-state index contributed by atoms with van der Waals surface area (Å²) >= 11 is 2.90. The van der Waals surface area contributed by atoms with Gasteiger partial charge in [-0.2, -0.15) is 0 Å². The van der Waals surface area contributed by atoms with Crippen molar-refractivity contribution in [3.05, 3.63) is 60.7 Å². The van der Waals surface area contributed by atoms with Crippen LogP contribution in [0, 0.1) is 23.7 Å². The van der Waals surface area contributed by atoms with Crippen molar-refractivity contribution in [3.63, 3.8) is 0 Å². The van der Waals surface area contributed by atoms with E-state index < -0.39 is 18.2 Å². The van der Waals surface area contributed by atoms with Gasteiger partial charge in [-0.1, -0.05) is 48.2 Å². The van der Waals surface area contributed by atoms with Crippen LogP contribution in [0.1, 0.15) is 45.4 Å². The molecule has 20 nitrogen and oxygen atoms in total. The van der Waals surface area contributed by atoms with Crippen LogP contribution in [-0.2, 0) is 41.7 Å². The zero-order chi connectivity index (χ0) is 46.4. The molecular weight excluding hydrogens is 897 g/mol. The normalized spacial score (nSPS) is 21.1. The molecule has 2 aromatic heterocycles. The van der Waals surface area contributed by atoms with Gasteiger partial charge in [-0.05, 0) is 139 Å². The molecule has 0 unspecified atom stereocenters. The third-order valence-electron chi connectivity index (χ3n) is 12.0. The minimum atomic E-state index is -0.952. The minimum absolute atomic E-state index is 0.0344. The quantitative estimate of drug-likeness (QED) is 0.0709. The molecule has 4 N–H and O–H groups in total. The molecule has 4 amide bonds. The Balaban J connectivity index is 0.835. The maximum atomic E-state index is 14.2. The number of ether oxygens (including phenoxy) is 2. The maximum absolute atomic E-state index is 14.2. The van der Waals surface area contributed by atoms with Crippen LogP contribution < -0.4 is 21.3 Å². The van der Waals surface area contributed by atoms with Gasteiger partial charge < -0.3 is 40.5 Å². The van der Waals surface area contributed by atoms with E-state index in [1.807, 2.05) is 60.7 Å². The number of benzene rings is 2. The Morgan fingerprint density at radius 1 is 0.716 bits per heavy atom. The number of likely N-dealkylation sites (tertiary alicyclic amines) is 2. The standard InChI is InChI=1S/C45H54N14O6S2/c1-31(39(49-41(61)37-21-23-47-37)43(63)57-25-13-15-33(57)29-59-45(51-53-55-59)67-35-18-8-5-9-19-35)65-27-11-3-2-10-26-64-30-38(48-40(60)36-20-22-46-36)42(62)56-24-12-14-32(56)28-58-44(50-52-54-58)66-34-16-6-4-7-17-34/h4-9,16-19,31-33,36-39,46-47H,12-15,20-30H2,1H3,(H,48,60)(H,49,61)/t31-,32-,33+,36-,37-,38-,39+/m1/s1. The number of amides is 4. The van der Waals surface area contributed by atoms with Crippen molar-refractivity contribution < 1.29 is 28.7 Å². The number of nitrogens with zero attached hydrogens (tertiary/aromatic N) is 10. The average molecular weight is 951 g/mol. The first kappa shape index (κ1) is 47.6. The molecular formula is C45H54N14O6S2. The Morgan fingerprint density at radius 3 is 1.75 bits per heavy atom. The van der Waals surface area contributed by atoms with Gasteiger partial charge in [0.1, 0.15) is 25.3 Å². The fourth-order valence-electron chi connectivity index (χ4n) is 8.13. The molecule has 352 valence electrons. The van der Waals surface area contributed by atoms with Gasteiger partial charge in [0.25, 0.3) is 0 Å². The second-order valence-corrected chi connectivity index (χ2v) is 18.6. The topological polar surface area (TPSA) is 229 Å². The number of rotatable bonds is 20. The van der Waals surface area contributed by atoms with E-state index in [-0.39, 0.29) is 67.6 Å². The number of tetrazole rings is 2. The predicted molar refractivity (Wildman–Crippen MR) is 245 cm³/mol. The summed E-state index contributed by atoms with van der Waals surface area (Å²) in [5, 5.41) is 37.9. The van der Waals surface area contributed by atoms with Crippen LogP contribution in [-0.4, -0.2) is 162 Å². The molecule has 2 aromatic carbocycles. The molecule has 0 spiro atoms. The lowest BCUT2D eigenvalue weighted by atomic mass is 10.0. The molecule has 4 aliphatic heterocycles. The van der Waals surface area contributed by atoms with Gasteiger partial charge in [0.2, 0.25) is 33.9 Å². The van der Waals surface area contributed by atoms with Gasteiger partial charge in [0.05, 0.1) is 50.0 Å². The molecule has 22 heteroatoms. The highest BCUT2D eigenvalue weighted by atomic mass is 32.2. The van der Waals surface area contributed by atoms with Crippen LogP contribution in [0.15, 0.2) is 80.8 Å². The lowest BCUT2D eigenvalue weighted by Gasteiger charge is -2.34. The van der Waals surface area contributed by atoms with Crippen molar-refractivity contribution in [2.75, 3.05) is 46.0 Å². The Morgan fingerprint density at radius 2 is 1.22 bits per heavy atom. The number of carbonyl (C=O) groups is 4. The van der Waals surface area contributed by atoms with E-state index in [0.717, 1.165) is 48.6 Å². The third kappa shape index (κ3) is 12.8. The summed E-state index contributed by atoms with van der Waals surface area (Å²) in [5.41, 5.74) is 0. The Labute approximate surface area is 397 Å². The molecule has 0 bridgehead atoms. The molecule has 4 aliphatic rings. The van der Waals surface area contributed by atoms with Crippen molar-refractivity contribution in [1.29, 1.82) is 0 Å². The van der Waals surface area contributed by atoms with Gasteiger partial charge in [-0.15, -0.1) is 10.2 Å². The van der Waals surface area contributed by atoms with E-state index in [2.05, 4.69) is 76.0 Å². The van der Waals surface area contributed by atoms with Crippen LogP contribution in [0.3, 0.4) is 0 Å². The maximum Gasteiger partial charge on any atom is 0.248 e. The van der Waals surface area contributed by atoms with Gasteiger partial charge in [-0.25, -0.2) is 9.36 Å². The predicted octanol–water partition coefficient (Wildman–Crippen LogP) is 0.766. The number of hydrogen-bond acceptors (Lipinski definition) is 16. The van der Waals surface area contributed by atoms with Crippen molar-refractivity contribution in [3.8, 4) is 23.7 Å². The lowest BCUT2D eigenvalue weighted by Crippen LogP contribution is -2.61. The molecule has 4 fully saturated rings. The van der Waals surface area contributed by atoms with Crippen LogP contribution in [0.4, 0.5) is 0 Å². The van der Waals surface area contributed by atoms with E-state index in [1.165, 1.54) is 23.5 Å². The monoisotopic (exact) mass is 950 g/mol. The number of nitrogens with one attached hydrogen (secondary N) is 4. The summed E-state index contributed by atoms with van der Waals surface area (Å²) in [4.78, 5) is 60.1. The Kier molecular flexibility index (Phi) is 16.9. The van der Waals surface area contributed by atoms with Crippen LogP contribution >= 0.6 is 23.5 Å². The molecule has 0 aliphatic carbocycles. The van der Waals surface area contributed by atoms with Gasteiger partial charge in [0, 0.05) is 22.9 Å². The fourth-order valence-corrected chi connectivity index (χ4v) is 9.72. The first-order valence-electron chi connectivity index (χ1n) is 22.6. The summed E-state index contributed by atoms with van der Waals surface area (Å²) in [6.45, 7) is 4.94.